The molecule has 15 heavy (non-hydrogen) atoms. The highest BCUT2D eigenvalue weighted by molar-refractivity contribution is 7.99. The third-order valence-corrected chi connectivity index (χ3v) is 3.65. The van der Waals surface area contributed by atoms with Crippen molar-refractivity contribution >= 4 is 18.1 Å². The van der Waals surface area contributed by atoms with Crippen molar-refractivity contribution in [3.05, 3.63) is 30.3 Å². The van der Waals surface area contributed by atoms with Gasteiger partial charge < -0.3 is 5.32 Å². The summed E-state index contributed by atoms with van der Waals surface area (Å²) < 4.78 is 0. The summed E-state index contributed by atoms with van der Waals surface area (Å²) in [6, 6.07) is 11.5. The highest BCUT2D eigenvalue weighted by Crippen LogP contribution is 2.20. The molecule has 0 fully saturated rings. The first-order valence-electron chi connectivity index (χ1n) is 5.32. The number of hydrogen-bond acceptors (Lipinski definition) is 3. The summed E-state index contributed by atoms with van der Waals surface area (Å²) in [7, 11) is 0. The van der Waals surface area contributed by atoms with Crippen LogP contribution in [0.25, 0.3) is 0 Å². The van der Waals surface area contributed by atoms with Gasteiger partial charge in [0.1, 0.15) is 0 Å². The standard InChI is InChI=1S/C12H16N2S/c1-10-12(14-9-13-10)7-8-15-11-5-3-2-4-6-11/h2-6,9-10,12H,7-8H2,1H3,(H,13,14). The molecular formula is C12H16N2S. The number of nitrogens with zero attached hydrogens (tertiary/aromatic N) is 1. The Bertz CT molecular complexity index is 324. The van der Waals surface area contributed by atoms with E-state index in [-0.39, 0.29) is 0 Å². The van der Waals surface area contributed by atoms with Crippen LogP contribution in [-0.2, 0) is 0 Å². The van der Waals surface area contributed by atoms with Crippen molar-refractivity contribution in [3.63, 3.8) is 0 Å². The number of rotatable bonds is 4. The Morgan fingerprint density at radius 1 is 1.33 bits per heavy atom. The molecule has 0 aromatic heterocycles. The fourth-order valence-corrected chi connectivity index (χ4v) is 2.58. The van der Waals surface area contributed by atoms with E-state index in [1.54, 1.807) is 0 Å². The van der Waals surface area contributed by atoms with Crippen LogP contribution in [0.5, 0.6) is 0 Å². The summed E-state index contributed by atoms with van der Waals surface area (Å²) in [6.45, 7) is 2.19. The van der Waals surface area contributed by atoms with Crippen LogP contribution in [-0.4, -0.2) is 24.2 Å². The summed E-state index contributed by atoms with van der Waals surface area (Å²) in [5.41, 5.74) is 0. The summed E-state index contributed by atoms with van der Waals surface area (Å²) >= 11 is 1.91. The van der Waals surface area contributed by atoms with Gasteiger partial charge in [0.25, 0.3) is 0 Å². The molecular weight excluding hydrogens is 204 g/mol. The molecule has 1 aromatic carbocycles. The van der Waals surface area contributed by atoms with E-state index in [4.69, 9.17) is 0 Å². The molecule has 1 aromatic rings. The predicted octanol–water partition coefficient (Wildman–Crippen LogP) is 2.56. The average Bonchev–Trinajstić information content (AvgIpc) is 2.66. The zero-order valence-electron chi connectivity index (χ0n) is 8.89. The van der Waals surface area contributed by atoms with Gasteiger partial charge in [-0.2, -0.15) is 0 Å². The smallest absolute Gasteiger partial charge is 0.0831 e. The highest BCUT2D eigenvalue weighted by Gasteiger charge is 2.18. The fourth-order valence-electron chi connectivity index (χ4n) is 1.64. The van der Waals surface area contributed by atoms with Crippen LogP contribution in [0.1, 0.15) is 13.3 Å². The Morgan fingerprint density at radius 2 is 2.13 bits per heavy atom. The zero-order valence-corrected chi connectivity index (χ0v) is 9.70. The average molecular weight is 220 g/mol. The molecule has 0 amide bonds. The molecule has 2 nitrogen and oxygen atoms in total. The molecule has 80 valence electrons. The van der Waals surface area contributed by atoms with Crippen LogP contribution in [0.2, 0.25) is 0 Å². The Morgan fingerprint density at radius 3 is 2.80 bits per heavy atom. The number of nitrogens with one attached hydrogen (secondary N) is 1. The SMILES string of the molecule is CC1NC=NC1CCSc1ccccc1. The molecule has 0 radical (unpaired) electrons. The first-order chi connectivity index (χ1) is 7.36. The Kier molecular flexibility index (Phi) is 3.67. The van der Waals surface area contributed by atoms with Crippen molar-refractivity contribution in [2.75, 3.05) is 5.75 Å². The minimum Gasteiger partial charge on any atom is -0.372 e. The molecule has 0 spiro atoms. The molecule has 2 atom stereocenters. The van der Waals surface area contributed by atoms with E-state index in [0.717, 1.165) is 12.2 Å². The second-order valence-electron chi connectivity index (χ2n) is 3.75. The zero-order chi connectivity index (χ0) is 10.5. The lowest BCUT2D eigenvalue weighted by molar-refractivity contribution is 0.552. The number of thioether (sulfide) groups is 1. The molecule has 1 N–H and O–H groups in total. The van der Waals surface area contributed by atoms with Crippen LogP contribution in [0.15, 0.2) is 40.2 Å². The van der Waals surface area contributed by atoms with Gasteiger partial charge in [-0.25, -0.2) is 0 Å². The van der Waals surface area contributed by atoms with Crippen LogP contribution in [0.4, 0.5) is 0 Å². The van der Waals surface area contributed by atoms with Gasteiger partial charge in [-0.1, -0.05) is 18.2 Å². The van der Waals surface area contributed by atoms with E-state index < -0.39 is 0 Å². The van der Waals surface area contributed by atoms with Crippen molar-refractivity contribution in [2.24, 2.45) is 4.99 Å². The third-order valence-electron chi connectivity index (χ3n) is 2.61. The monoisotopic (exact) mass is 220 g/mol. The Hall–Kier alpha value is -0.960. The van der Waals surface area contributed by atoms with Gasteiger partial charge >= 0.3 is 0 Å². The molecule has 1 aliphatic rings. The molecule has 0 saturated carbocycles. The summed E-state index contributed by atoms with van der Waals surface area (Å²) in [6.07, 6.45) is 2.98. The van der Waals surface area contributed by atoms with Crippen molar-refractivity contribution in [2.45, 2.75) is 30.3 Å². The molecule has 0 saturated heterocycles. The maximum absolute atomic E-state index is 4.40. The molecule has 1 heterocycles. The normalized spacial score (nSPS) is 24.1. The minimum atomic E-state index is 0.459. The number of benzene rings is 1. The molecule has 0 aliphatic carbocycles. The van der Waals surface area contributed by atoms with Crippen molar-refractivity contribution in [1.29, 1.82) is 0 Å². The van der Waals surface area contributed by atoms with Gasteiger partial charge in [-0.15, -0.1) is 11.8 Å². The van der Waals surface area contributed by atoms with Gasteiger partial charge in [0.05, 0.1) is 12.4 Å². The van der Waals surface area contributed by atoms with Gasteiger partial charge in [0, 0.05) is 16.7 Å². The van der Waals surface area contributed by atoms with Crippen LogP contribution < -0.4 is 5.32 Å². The predicted molar refractivity (Wildman–Crippen MR) is 66.7 cm³/mol. The third kappa shape index (κ3) is 2.99. The summed E-state index contributed by atoms with van der Waals surface area (Å²) in [4.78, 5) is 5.75. The second-order valence-corrected chi connectivity index (χ2v) is 4.92. The molecule has 2 rings (SSSR count). The maximum atomic E-state index is 4.40. The van der Waals surface area contributed by atoms with Gasteiger partial charge in [-0.05, 0) is 25.5 Å². The lowest BCUT2D eigenvalue weighted by atomic mass is 10.1. The van der Waals surface area contributed by atoms with Crippen LogP contribution >= 0.6 is 11.8 Å². The summed E-state index contributed by atoms with van der Waals surface area (Å²) in [5, 5.41) is 3.22. The first kappa shape index (κ1) is 10.6. The molecule has 2 unspecified atom stereocenters. The topological polar surface area (TPSA) is 24.4 Å². The minimum absolute atomic E-state index is 0.459. The fraction of sp³-hybridized carbons (Fsp3) is 0.417. The van der Waals surface area contributed by atoms with Gasteiger partial charge in [-0.3, -0.25) is 4.99 Å². The summed E-state index contributed by atoms with van der Waals surface area (Å²) in [5.74, 6) is 1.14. The van der Waals surface area contributed by atoms with Crippen molar-refractivity contribution in [1.82, 2.24) is 5.32 Å². The van der Waals surface area contributed by atoms with Gasteiger partial charge in [0.15, 0.2) is 0 Å². The van der Waals surface area contributed by atoms with Crippen molar-refractivity contribution < 1.29 is 0 Å². The van der Waals surface area contributed by atoms with Crippen molar-refractivity contribution in [3.8, 4) is 0 Å². The lowest BCUT2D eigenvalue weighted by Crippen LogP contribution is -2.28. The maximum Gasteiger partial charge on any atom is 0.0831 e. The van der Waals surface area contributed by atoms with Gasteiger partial charge in [0.2, 0.25) is 0 Å². The number of hydrogen-bond donors (Lipinski definition) is 1. The second kappa shape index (κ2) is 5.21. The lowest BCUT2D eigenvalue weighted by Gasteiger charge is -2.12. The Balaban J connectivity index is 1.73. The quantitative estimate of drug-likeness (QED) is 0.789. The van der Waals surface area contributed by atoms with E-state index in [0.29, 0.717) is 12.1 Å². The van der Waals surface area contributed by atoms with E-state index in [1.807, 2.05) is 18.1 Å². The van der Waals surface area contributed by atoms with E-state index in [1.165, 1.54) is 4.90 Å². The Labute approximate surface area is 95.2 Å². The first-order valence-corrected chi connectivity index (χ1v) is 6.30. The molecule has 3 heteroatoms. The van der Waals surface area contributed by atoms with E-state index >= 15 is 0 Å². The highest BCUT2D eigenvalue weighted by atomic mass is 32.2. The number of aliphatic imine (C=N–C) groups is 1. The molecule has 0 bridgehead atoms. The van der Waals surface area contributed by atoms with Crippen LogP contribution in [0, 0.1) is 0 Å². The largest absolute Gasteiger partial charge is 0.372 e. The molecule has 1 aliphatic heterocycles. The van der Waals surface area contributed by atoms with Crippen LogP contribution in [0.3, 0.4) is 0 Å². The van der Waals surface area contributed by atoms with E-state index in [9.17, 15) is 0 Å². The van der Waals surface area contributed by atoms with E-state index in [2.05, 4.69) is 47.6 Å².